The van der Waals surface area contributed by atoms with E-state index in [1.165, 1.54) is 0 Å². The maximum Gasteiger partial charge on any atom is 0.163 e. The first-order valence-corrected chi connectivity index (χ1v) is 6.64. The zero-order valence-corrected chi connectivity index (χ0v) is 11.7. The molecule has 0 bridgehead atoms. The number of benzene rings is 2. The summed E-state index contributed by atoms with van der Waals surface area (Å²) >= 11 is 5.90. The topological polar surface area (TPSA) is 38.7 Å². The van der Waals surface area contributed by atoms with Gasteiger partial charge in [0.05, 0.1) is 0 Å². The van der Waals surface area contributed by atoms with Gasteiger partial charge in [0, 0.05) is 16.1 Å². The second kappa shape index (κ2) is 5.39. The average Bonchev–Trinajstić information content (AvgIpc) is 2.48. The minimum absolute atomic E-state index is 0.660. The summed E-state index contributed by atoms with van der Waals surface area (Å²) in [5.41, 5.74) is 1.91. The van der Waals surface area contributed by atoms with Crippen molar-refractivity contribution in [3.63, 3.8) is 0 Å². The van der Waals surface area contributed by atoms with Crippen LogP contribution in [0.5, 0.6) is 0 Å². The normalized spacial score (nSPS) is 10.5. The SMILES string of the molecule is Cc1nc(-c2ccccc2)nc(-c2ccc(Cl)cc2)n1. The monoisotopic (exact) mass is 281 g/mol. The largest absolute Gasteiger partial charge is 0.213 e. The summed E-state index contributed by atoms with van der Waals surface area (Å²) in [6.07, 6.45) is 0. The molecule has 98 valence electrons. The van der Waals surface area contributed by atoms with Crippen LogP contribution in [0.1, 0.15) is 5.82 Å². The summed E-state index contributed by atoms with van der Waals surface area (Å²) in [4.78, 5) is 13.3. The molecule has 0 N–H and O–H groups in total. The minimum Gasteiger partial charge on any atom is -0.213 e. The third-order valence-corrected chi connectivity index (χ3v) is 3.13. The molecule has 0 unspecified atom stereocenters. The van der Waals surface area contributed by atoms with Crippen LogP contribution in [0.25, 0.3) is 22.8 Å². The van der Waals surface area contributed by atoms with Gasteiger partial charge in [-0.1, -0.05) is 41.9 Å². The quantitative estimate of drug-likeness (QED) is 0.708. The van der Waals surface area contributed by atoms with Crippen LogP contribution < -0.4 is 0 Å². The molecule has 0 atom stereocenters. The molecular weight excluding hydrogens is 270 g/mol. The fourth-order valence-corrected chi connectivity index (χ4v) is 2.05. The van der Waals surface area contributed by atoms with Gasteiger partial charge in [0.1, 0.15) is 5.82 Å². The second-order valence-electron chi connectivity index (χ2n) is 4.40. The first kappa shape index (κ1) is 12.8. The summed E-state index contributed by atoms with van der Waals surface area (Å²) in [5.74, 6) is 2.04. The highest BCUT2D eigenvalue weighted by atomic mass is 35.5. The highest BCUT2D eigenvalue weighted by Crippen LogP contribution is 2.21. The first-order chi connectivity index (χ1) is 9.72. The first-order valence-electron chi connectivity index (χ1n) is 6.26. The van der Waals surface area contributed by atoms with Crippen molar-refractivity contribution >= 4 is 11.6 Å². The van der Waals surface area contributed by atoms with Gasteiger partial charge in [-0.25, -0.2) is 15.0 Å². The van der Waals surface area contributed by atoms with Crippen molar-refractivity contribution in [3.05, 3.63) is 65.4 Å². The predicted molar refractivity (Wildman–Crippen MR) is 80.4 cm³/mol. The van der Waals surface area contributed by atoms with Crippen molar-refractivity contribution in [1.82, 2.24) is 15.0 Å². The third-order valence-electron chi connectivity index (χ3n) is 2.88. The summed E-state index contributed by atoms with van der Waals surface area (Å²) < 4.78 is 0. The van der Waals surface area contributed by atoms with Crippen LogP contribution in [0, 0.1) is 6.92 Å². The molecule has 4 heteroatoms. The van der Waals surface area contributed by atoms with E-state index in [1.54, 1.807) is 0 Å². The number of hydrogen-bond acceptors (Lipinski definition) is 3. The standard InChI is InChI=1S/C16H12ClN3/c1-11-18-15(12-5-3-2-4-6-12)20-16(19-11)13-7-9-14(17)10-8-13/h2-10H,1H3. The number of nitrogens with zero attached hydrogens (tertiary/aromatic N) is 3. The van der Waals surface area contributed by atoms with E-state index in [1.807, 2.05) is 61.5 Å². The Hall–Kier alpha value is -2.26. The summed E-state index contributed by atoms with van der Waals surface area (Å²) in [6, 6.07) is 17.4. The highest BCUT2D eigenvalue weighted by Gasteiger charge is 2.07. The van der Waals surface area contributed by atoms with Gasteiger partial charge in [0.25, 0.3) is 0 Å². The number of aromatic nitrogens is 3. The molecule has 20 heavy (non-hydrogen) atoms. The molecule has 0 saturated carbocycles. The molecule has 3 nitrogen and oxygen atoms in total. The van der Waals surface area contributed by atoms with Gasteiger partial charge in [-0.15, -0.1) is 0 Å². The number of halogens is 1. The Kier molecular flexibility index (Phi) is 3.44. The van der Waals surface area contributed by atoms with Crippen LogP contribution in [-0.2, 0) is 0 Å². The van der Waals surface area contributed by atoms with Gasteiger partial charge in [-0.3, -0.25) is 0 Å². The Morgan fingerprint density at radius 2 is 1.25 bits per heavy atom. The van der Waals surface area contributed by atoms with Crippen LogP contribution in [0.15, 0.2) is 54.6 Å². The predicted octanol–water partition coefficient (Wildman–Crippen LogP) is 4.17. The van der Waals surface area contributed by atoms with Gasteiger partial charge in [-0.2, -0.15) is 0 Å². The molecule has 0 fully saturated rings. The van der Waals surface area contributed by atoms with E-state index < -0.39 is 0 Å². The lowest BCUT2D eigenvalue weighted by atomic mass is 10.2. The van der Waals surface area contributed by atoms with Gasteiger partial charge < -0.3 is 0 Å². The van der Waals surface area contributed by atoms with Crippen LogP contribution in [0.2, 0.25) is 5.02 Å². The molecule has 0 amide bonds. The molecule has 2 aromatic carbocycles. The Morgan fingerprint density at radius 3 is 1.85 bits per heavy atom. The van der Waals surface area contributed by atoms with E-state index in [4.69, 9.17) is 11.6 Å². The van der Waals surface area contributed by atoms with E-state index >= 15 is 0 Å². The van der Waals surface area contributed by atoms with Gasteiger partial charge in [0.15, 0.2) is 11.6 Å². The second-order valence-corrected chi connectivity index (χ2v) is 4.84. The fraction of sp³-hybridized carbons (Fsp3) is 0.0625. The van der Waals surface area contributed by atoms with Crippen LogP contribution in [-0.4, -0.2) is 15.0 Å². The van der Waals surface area contributed by atoms with Crippen LogP contribution in [0.3, 0.4) is 0 Å². The molecule has 0 aliphatic carbocycles. The van der Waals surface area contributed by atoms with Crippen molar-refractivity contribution in [1.29, 1.82) is 0 Å². The Bertz CT molecular complexity index is 724. The van der Waals surface area contributed by atoms with Crippen molar-refractivity contribution < 1.29 is 0 Å². The van der Waals surface area contributed by atoms with E-state index in [0.717, 1.165) is 11.1 Å². The molecule has 0 aliphatic rings. The van der Waals surface area contributed by atoms with Crippen molar-refractivity contribution in [2.24, 2.45) is 0 Å². The number of aryl methyl sites for hydroxylation is 1. The van der Waals surface area contributed by atoms with E-state index in [9.17, 15) is 0 Å². The van der Waals surface area contributed by atoms with E-state index in [-0.39, 0.29) is 0 Å². The van der Waals surface area contributed by atoms with Crippen molar-refractivity contribution in [3.8, 4) is 22.8 Å². The fourth-order valence-electron chi connectivity index (χ4n) is 1.93. The Balaban J connectivity index is 2.09. The molecule has 0 saturated heterocycles. The molecule has 3 rings (SSSR count). The van der Waals surface area contributed by atoms with Gasteiger partial charge in [-0.05, 0) is 31.2 Å². The summed E-state index contributed by atoms with van der Waals surface area (Å²) in [7, 11) is 0. The van der Waals surface area contributed by atoms with Crippen molar-refractivity contribution in [2.45, 2.75) is 6.92 Å². The van der Waals surface area contributed by atoms with Gasteiger partial charge in [0.2, 0.25) is 0 Å². The van der Waals surface area contributed by atoms with Crippen LogP contribution >= 0.6 is 11.6 Å². The average molecular weight is 282 g/mol. The summed E-state index contributed by atoms with van der Waals surface area (Å²) in [6.45, 7) is 1.87. The molecule has 0 radical (unpaired) electrons. The molecular formula is C16H12ClN3. The number of rotatable bonds is 2. The van der Waals surface area contributed by atoms with Crippen molar-refractivity contribution in [2.75, 3.05) is 0 Å². The van der Waals surface area contributed by atoms with Crippen LogP contribution in [0.4, 0.5) is 0 Å². The Labute approximate surface area is 122 Å². The lowest BCUT2D eigenvalue weighted by Crippen LogP contribution is -1.99. The molecule has 0 spiro atoms. The zero-order chi connectivity index (χ0) is 13.9. The molecule has 3 aromatic rings. The maximum atomic E-state index is 5.90. The Morgan fingerprint density at radius 1 is 0.700 bits per heavy atom. The smallest absolute Gasteiger partial charge is 0.163 e. The zero-order valence-electron chi connectivity index (χ0n) is 10.9. The maximum absolute atomic E-state index is 5.90. The molecule has 1 heterocycles. The lowest BCUT2D eigenvalue weighted by molar-refractivity contribution is 0.992. The third kappa shape index (κ3) is 2.68. The molecule has 1 aromatic heterocycles. The van der Waals surface area contributed by atoms with E-state index in [0.29, 0.717) is 22.5 Å². The molecule has 0 aliphatic heterocycles. The minimum atomic E-state index is 0.660. The van der Waals surface area contributed by atoms with Gasteiger partial charge >= 0.3 is 0 Å². The highest BCUT2D eigenvalue weighted by molar-refractivity contribution is 6.30. The van der Waals surface area contributed by atoms with E-state index in [2.05, 4.69) is 15.0 Å². The number of hydrogen-bond donors (Lipinski definition) is 0. The lowest BCUT2D eigenvalue weighted by Gasteiger charge is -2.05. The summed E-state index contributed by atoms with van der Waals surface area (Å²) in [5, 5.41) is 0.697.